The smallest absolute Gasteiger partial charge is 0.309 e. The SMILES string of the molecule is CC(C)(C)CC(C(=O)[O-])C(C)(C)C(C)(C)CC(C(=O)OCC[N+](C)(C)C)C(C)(C)C. The maximum atomic E-state index is 13.1. The summed E-state index contributed by atoms with van der Waals surface area (Å²) in [6.45, 7) is 21.6. The second-order valence-corrected chi connectivity index (χ2v) is 13.5. The summed E-state index contributed by atoms with van der Waals surface area (Å²) in [5.74, 6) is -2.14. The van der Waals surface area contributed by atoms with Gasteiger partial charge in [0.2, 0.25) is 0 Å². The summed E-state index contributed by atoms with van der Waals surface area (Å²) >= 11 is 0. The number of esters is 1. The molecular formula is C25H49NO4. The highest BCUT2D eigenvalue weighted by molar-refractivity contribution is 5.73. The first kappa shape index (κ1) is 28.9. The van der Waals surface area contributed by atoms with Crippen LogP contribution in [-0.2, 0) is 14.3 Å². The molecule has 0 aromatic heterocycles. The van der Waals surface area contributed by atoms with Crippen molar-refractivity contribution in [2.75, 3.05) is 34.3 Å². The van der Waals surface area contributed by atoms with Crippen LogP contribution in [0.2, 0.25) is 0 Å². The van der Waals surface area contributed by atoms with Crippen molar-refractivity contribution >= 4 is 11.9 Å². The van der Waals surface area contributed by atoms with Gasteiger partial charge < -0.3 is 19.1 Å². The molecule has 2 unspecified atom stereocenters. The summed E-state index contributed by atoms with van der Waals surface area (Å²) in [7, 11) is 6.20. The van der Waals surface area contributed by atoms with Crippen molar-refractivity contribution in [2.24, 2.45) is 33.5 Å². The summed E-state index contributed by atoms with van der Waals surface area (Å²) in [5.41, 5.74) is -1.40. The topological polar surface area (TPSA) is 66.4 Å². The van der Waals surface area contributed by atoms with E-state index in [0.29, 0.717) is 19.4 Å². The van der Waals surface area contributed by atoms with Crippen LogP contribution in [0, 0.1) is 33.5 Å². The summed E-state index contributed by atoms with van der Waals surface area (Å²) in [6.07, 6.45) is 1.08. The van der Waals surface area contributed by atoms with Gasteiger partial charge in [-0.05, 0) is 34.5 Å². The number of carbonyl (C=O) groups is 2. The molecule has 2 atom stereocenters. The number of likely N-dealkylation sites (N-methyl/N-ethyl adjacent to an activating group) is 1. The van der Waals surface area contributed by atoms with Crippen molar-refractivity contribution in [1.29, 1.82) is 0 Å². The van der Waals surface area contributed by atoms with Gasteiger partial charge in [-0.15, -0.1) is 0 Å². The quantitative estimate of drug-likeness (QED) is 0.388. The van der Waals surface area contributed by atoms with Crippen molar-refractivity contribution in [2.45, 2.75) is 82.1 Å². The Morgan fingerprint density at radius 1 is 0.833 bits per heavy atom. The molecule has 0 amide bonds. The molecule has 0 heterocycles. The Hall–Kier alpha value is -1.10. The molecule has 5 heteroatoms. The molecule has 0 saturated heterocycles. The lowest BCUT2D eigenvalue weighted by molar-refractivity contribution is -0.870. The number of quaternary nitrogens is 1. The van der Waals surface area contributed by atoms with E-state index in [-0.39, 0.29) is 22.7 Å². The second-order valence-electron chi connectivity index (χ2n) is 13.5. The van der Waals surface area contributed by atoms with Crippen LogP contribution >= 0.6 is 0 Å². The zero-order valence-electron chi connectivity index (χ0n) is 22.1. The van der Waals surface area contributed by atoms with Crippen molar-refractivity contribution in [3.05, 3.63) is 0 Å². The Bertz CT molecular complexity index is 586. The first-order valence-corrected chi connectivity index (χ1v) is 11.2. The van der Waals surface area contributed by atoms with Crippen molar-refractivity contribution < 1.29 is 23.9 Å². The third-order valence-electron chi connectivity index (χ3n) is 6.77. The number of hydrogen-bond donors (Lipinski definition) is 0. The largest absolute Gasteiger partial charge is 0.550 e. The maximum Gasteiger partial charge on any atom is 0.309 e. The number of ether oxygens (including phenoxy) is 1. The molecular weight excluding hydrogens is 378 g/mol. The number of aliphatic carboxylic acids is 1. The van der Waals surface area contributed by atoms with Gasteiger partial charge in [-0.1, -0.05) is 69.2 Å². The first-order valence-electron chi connectivity index (χ1n) is 11.2. The Kier molecular flexibility index (Phi) is 9.23. The van der Waals surface area contributed by atoms with E-state index in [4.69, 9.17) is 4.74 Å². The minimum atomic E-state index is -1.01. The highest BCUT2D eigenvalue weighted by Gasteiger charge is 2.48. The normalized spacial score (nSPS) is 16.2. The number of nitrogens with zero attached hydrogens (tertiary/aromatic N) is 1. The van der Waals surface area contributed by atoms with Crippen LogP contribution in [0.15, 0.2) is 0 Å². The predicted molar refractivity (Wildman–Crippen MR) is 122 cm³/mol. The van der Waals surface area contributed by atoms with Gasteiger partial charge in [-0.3, -0.25) is 4.79 Å². The molecule has 0 bridgehead atoms. The van der Waals surface area contributed by atoms with Crippen LogP contribution < -0.4 is 5.11 Å². The minimum absolute atomic E-state index is 0.133. The molecule has 0 rings (SSSR count). The van der Waals surface area contributed by atoms with E-state index < -0.39 is 22.7 Å². The van der Waals surface area contributed by atoms with Crippen LogP contribution in [0.3, 0.4) is 0 Å². The zero-order chi connectivity index (χ0) is 24.3. The van der Waals surface area contributed by atoms with Gasteiger partial charge in [0, 0.05) is 11.9 Å². The lowest BCUT2D eigenvalue weighted by Gasteiger charge is -2.51. The van der Waals surface area contributed by atoms with E-state index in [2.05, 4.69) is 55.8 Å². The van der Waals surface area contributed by atoms with Gasteiger partial charge in [0.05, 0.1) is 27.1 Å². The average molecular weight is 428 g/mol. The molecule has 0 aliphatic rings. The molecule has 178 valence electrons. The fourth-order valence-electron chi connectivity index (χ4n) is 3.75. The van der Waals surface area contributed by atoms with E-state index >= 15 is 0 Å². The molecule has 5 nitrogen and oxygen atoms in total. The standard InChI is InChI=1S/C25H49NO4/c1-22(2,3)16-18(20(27)28)25(9,10)24(7,8)17-19(23(4,5)6)21(29)30-15-14-26(11,12)13/h18-19H,14-17H2,1-13H3. The molecule has 0 spiro atoms. The van der Waals surface area contributed by atoms with Crippen molar-refractivity contribution in [1.82, 2.24) is 0 Å². The highest BCUT2D eigenvalue weighted by atomic mass is 16.5. The van der Waals surface area contributed by atoms with E-state index in [1.807, 2.05) is 34.6 Å². The van der Waals surface area contributed by atoms with Gasteiger partial charge in [-0.2, -0.15) is 0 Å². The molecule has 0 N–H and O–H groups in total. The van der Waals surface area contributed by atoms with Crippen LogP contribution in [-0.4, -0.2) is 50.7 Å². The molecule has 30 heavy (non-hydrogen) atoms. The Labute approximate surface area is 186 Å². The minimum Gasteiger partial charge on any atom is -0.550 e. The lowest BCUT2D eigenvalue weighted by Crippen LogP contribution is -2.50. The van der Waals surface area contributed by atoms with Crippen LogP contribution in [0.1, 0.15) is 82.1 Å². The average Bonchev–Trinajstić information content (AvgIpc) is 2.46. The number of carboxylic acids is 1. The van der Waals surface area contributed by atoms with Crippen molar-refractivity contribution in [3.63, 3.8) is 0 Å². The third kappa shape index (κ3) is 8.95. The van der Waals surface area contributed by atoms with Gasteiger partial charge in [0.15, 0.2) is 0 Å². The predicted octanol–water partition coefficient (Wildman–Crippen LogP) is 4.14. The number of carbonyl (C=O) groups excluding carboxylic acids is 2. The zero-order valence-corrected chi connectivity index (χ0v) is 22.1. The van der Waals surface area contributed by atoms with Gasteiger partial charge in [0.25, 0.3) is 0 Å². The maximum absolute atomic E-state index is 13.1. The molecule has 0 saturated carbocycles. The Morgan fingerprint density at radius 3 is 1.63 bits per heavy atom. The summed E-state index contributed by atoms with van der Waals surface area (Å²) in [4.78, 5) is 25.2. The summed E-state index contributed by atoms with van der Waals surface area (Å²) < 4.78 is 6.40. The molecule has 0 aliphatic carbocycles. The van der Waals surface area contributed by atoms with Crippen LogP contribution in [0.5, 0.6) is 0 Å². The Balaban J connectivity index is 5.73. The monoisotopic (exact) mass is 427 g/mol. The molecule has 0 radical (unpaired) electrons. The van der Waals surface area contributed by atoms with Crippen LogP contribution in [0.4, 0.5) is 0 Å². The third-order valence-corrected chi connectivity index (χ3v) is 6.77. The first-order chi connectivity index (χ1) is 13.0. The van der Waals surface area contributed by atoms with Gasteiger partial charge in [0.1, 0.15) is 13.2 Å². The number of hydrogen-bond acceptors (Lipinski definition) is 4. The van der Waals surface area contributed by atoms with Crippen molar-refractivity contribution in [3.8, 4) is 0 Å². The van der Waals surface area contributed by atoms with E-state index in [1.165, 1.54) is 0 Å². The van der Waals surface area contributed by atoms with Gasteiger partial charge >= 0.3 is 5.97 Å². The van der Waals surface area contributed by atoms with E-state index in [0.717, 1.165) is 11.0 Å². The molecule has 0 fully saturated rings. The lowest BCUT2D eigenvalue weighted by atomic mass is 9.55. The van der Waals surface area contributed by atoms with E-state index in [1.54, 1.807) is 0 Å². The molecule has 0 aliphatic heterocycles. The number of rotatable bonds is 10. The fourth-order valence-corrected chi connectivity index (χ4v) is 3.75. The Morgan fingerprint density at radius 2 is 1.30 bits per heavy atom. The highest BCUT2D eigenvalue weighted by Crippen LogP contribution is 2.52. The summed E-state index contributed by atoms with van der Waals surface area (Å²) in [5, 5.41) is 12.1. The fraction of sp³-hybridized carbons (Fsp3) is 0.920. The second kappa shape index (κ2) is 9.58. The molecule has 0 aromatic rings. The summed E-state index contributed by atoms with van der Waals surface area (Å²) in [6, 6.07) is 0. The van der Waals surface area contributed by atoms with Gasteiger partial charge in [-0.25, -0.2) is 0 Å². The molecule has 0 aromatic carbocycles. The van der Waals surface area contributed by atoms with E-state index in [9.17, 15) is 14.7 Å². The van der Waals surface area contributed by atoms with Crippen LogP contribution in [0.25, 0.3) is 0 Å². The number of carboxylic acid groups (broad SMARTS) is 1.